The van der Waals surface area contributed by atoms with Crippen LogP contribution in [0.2, 0.25) is 0 Å². The summed E-state index contributed by atoms with van der Waals surface area (Å²) in [5.74, 6) is -0.152. The molecule has 138 valence electrons. The first-order valence-corrected chi connectivity index (χ1v) is 8.47. The van der Waals surface area contributed by atoms with E-state index < -0.39 is 16.4 Å². The van der Waals surface area contributed by atoms with Gasteiger partial charge >= 0.3 is 0 Å². The minimum atomic E-state index is -0.681. The molecular formula is C21H14N3O4-. The number of aromatic nitrogens is 1. The average molecular weight is 372 g/mol. The molecule has 0 bridgehead atoms. The quantitative estimate of drug-likeness (QED) is 0.297. The van der Waals surface area contributed by atoms with Crippen molar-refractivity contribution < 1.29 is 14.4 Å². The second-order valence-electron chi connectivity index (χ2n) is 6.25. The molecule has 7 nitrogen and oxygen atoms in total. The zero-order valence-corrected chi connectivity index (χ0v) is 14.8. The third-order valence-corrected chi connectivity index (χ3v) is 4.18. The van der Waals surface area contributed by atoms with Gasteiger partial charge in [0.2, 0.25) is 5.89 Å². The smallest absolute Gasteiger partial charge is 0.262 e. The van der Waals surface area contributed by atoms with E-state index in [-0.39, 0.29) is 5.56 Å². The number of oxazole rings is 1. The number of aryl methyl sites for hydroxylation is 1. The number of nitro benzene ring substituents is 1. The molecule has 0 saturated carbocycles. The maximum atomic E-state index is 12.2. The number of nitrogens with zero attached hydrogens (tertiary/aromatic N) is 3. The first kappa shape index (κ1) is 17.4. The highest BCUT2D eigenvalue weighted by Crippen LogP contribution is 2.29. The van der Waals surface area contributed by atoms with E-state index in [1.165, 1.54) is 12.3 Å². The predicted molar refractivity (Wildman–Crippen MR) is 104 cm³/mol. The lowest BCUT2D eigenvalue weighted by Gasteiger charge is -2.11. The molecule has 4 aromatic rings. The summed E-state index contributed by atoms with van der Waals surface area (Å²) in [5.41, 5.74) is 3.00. The normalized spacial score (nSPS) is 11.3. The summed E-state index contributed by atoms with van der Waals surface area (Å²) in [6, 6.07) is 17.6. The Morgan fingerprint density at radius 1 is 1.11 bits per heavy atom. The second-order valence-corrected chi connectivity index (χ2v) is 6.25. The van der Waals surface area contributed by atoms with Gasteiger partial charge in [0.1, 0.15) is 5.52 Å². The number of rotatable bonds is 4. The van der Waals surface area contributed by atoms with Gasteiger partial charge in [-0.05, 0) is 54.1 Å². The summed E-state index contributed by atoms with van der Waals surface area (Å²) in [4.78, 5) is 19.1. The van der Waals surface area contributed by atoms with Crippen molar-refractivity contribution in [3.05, 3.63) is 81.9 Å². The molecule has 0 aliphatic carbocycles. The van der Waals surface area contributed by atoms with Gasteiger partial charge in [-0.3, -0.25) is 15.1 Å². The van der Waals surface area contributed by atoms with Crippen molar-refractivity contribution in [1.82, 2.24) is 4.98 Å². The van der Waals surface area contributed by atoms with Crippen molar-refractivity contribution in [1.29, 1.82) is 0 Å². The van der Waals surface area contributed by atoms with Crippen LogP contribution >= 0.6 is 0 Å². The van der Waals surface area contributed by atoms with Crippen LogP contribution in [0, 0.1) is 17.0 Å². The van der Waals surface area contributed by atoms with Gasteiger partial charge in [-0.2, -0.15) is 0 Å². The Hall–Kier alpha value is -4.00. The van der Waals surface area contributed by atoms with Crippen LogP contribution in [0.1, 0.15) is 11.1 Å². The summed E-state index contributed by atoms with van der Waals surface area (Å²) in [7, 11) is 0. The van der Waals surface area contributed by atoms with Gasteiger partial charge in [-0.25, -0.2) is 4.98 Å². The molecule has 0 unspecified atom stereocenters. The fourth-order valence-electron chi connectivity index (χ4n) is 2.86. The maximum Gasteiger partial charge on any atom is 0.262 e. The Bertz CT molecular complexity index is 1210. The minimum absolute atomic E-state index is 0.164. The van der Waals surface area contributed by atoms with Crippen molar-refractivity contribution in [2.45, 2.75) is 6.92 Å². The molecule has 0 aliphatic rings. The van der Waals surface area contributed by atoms with Gasteiger partial charge in [-0.15, -0.1) is 0 Å². The molecule has 0 radical (unpaired) electrons. The van der Waals surface area contributed by atoms with Crippen LogP contribution in [-0.4, -0.2) is 16.1 Å². The van der Waals surface area contributed by atoms with E-state index in [1.807, 2.05) is 30.3 Å². The van der Waals surface area contributed by atoms with Crippen molar-refractivity contribution in [2.24, 2.45) is 4.99 Å². The van der Waals surface area contributed by atoms with E-state index in [0.717, 1.165) is 5.56 Å². The summed E-state index contributed by atoms with van der Waals surface area (Å²) >= 11 is 0. The summed E-state index contributed by atoms with van der Waals surface area (Å²) in [6.45, 7) is 1.69. The number of aliphatic imine (C=N–C) groups is 1. The standard InChI is InChI=1S/C21H15N3O4/c1-13-9-15(20(25)18(10-13)24(26)27)12-22-16-7-8-19-17(11-16)23-21(28-19)14-5-3-2-4-6-14/h2-12,25H,1H3/p-1. The zero-order chi connectivity index (χ0) is 19.7. The van der Waals surface area contributed by atoms with Crippen molar-refractivity contribution in [3.8, 4) is 17.2 Å². The molecule has 3 aromatic carbocycles. The molecule has 0 fully saturated rings. The maximum absolute atomic E-state index is 12.2. The average Bonchev–Trinajstić information content (AvgIpc) is 3.12. The lowest BCUT2D eigenvalue weighted by Crippen LogP contribution is -2.02. The number of benzene rings is 3. The fourth-order valence-corrected chi connectivity index (χ4v) is 2.86. The molecule has 0 atom stereocenters. The van der Waals surface area contributed by atoms with Gasteiger partial charge in [0.15, 0.2) is 5.58 Å². The molecule has 0 N–H and O–H groups in total. The lowest BCUT2D eigenvalue weighted by molar-refractivity contribution is -0.398. The number of hydrogen-bond acceptors (Lipinski definition) is 6. The van der Waals surface area contributed by atoms with Crippen molar-refractivity contribution in [3.63, 3.8) is 0 Å². The van der Waals surface area contributed by atoms with Crippen LogP contribution in [0.15, 0.2) is 70.1 Å². The molecule has 0 aliphatic heterocycles. The molecule has 7 heteroatoms. The third-order valence-electron chi connectivity index (χ3n) is 4.18. The molecule has 1 aromatic heterocycles. The highest BCUT2D eigenvalue weighted by atomic mass is 16.6. The first-order valence-electron chi connectivity index (χ1n) is 8.47. The molecule has 0 saturated heterocycles. The Morgan fingerprint density at radius 3 is 2.64 bits per heavy atom. The lowest BCUT2D eigenvalue weighted by atomic mass is 10.1. The first-order chi connectivity index (χ1) is 13.5. The van der Waals surface area contributed by atoms with Crippen LogP contribution in [0.25, 0.3) is 22.6 Å². The predicted octanol–water partition coefficient (Wildman–Crippen LogP) is 4.54. The van der Waals surface area contributed by atoms with Gasteiger partial charge in [0, 0.05) is 17.8 Å². The molecule has 1 heterocycles. The monoisotopic (exact) mass is 372 g/mol. The van der Waals surface area contributed by atoms with Crippen LogP contribution in [0.4, 0.5) is 11.4 Å². The number of fused-ring (bicyclic) bond motifs is 1. The summed E-state index contributed by atoms with van der Waals surface area (Å²) < 4.78 is 5.76. The van der Waals surface area contributed by atoms with Crippen molar-refractivity contribution >= 4 is 28.7 Å². The van der Waals surface area contributed by atoms with E-state index in [2.05, 4.69) is 9.98 Å². The fraction of sp³-hybridized carbons (Fsp3) is 0.0476. The number of nitro groups is 1. The Kier molecular flexibility index (Phi) is 4.33. The largest absolute Gasteiger partial charge is 0.867 e. The highest BCUT2D eigenvalue weighted by molar-refractivity contribution is 5.88. The topological polar surface area (TPSA) is 105 Å². The SMILES string of the molecule is Cc1cc(C=Nc2ccc3oc(-c4ccccc4)nc3c2)c([O-])c([N+](=O)[O-])c1. The summed E-state index contributed by atoms with van der Waals surface area (Å²) in [5, 5.41) is 23.2. The van der Waals surface area contributed by atoms with E-state index in [0.29, 0.717) is 28.2 Å². The van der Waals surface area contributed by atoms with Crippen molar-refractivity contribution in [2.75, 3.05) is 0 Å². The Balaban J connectivity index is 1.68. The van der Waals surface area contributed by atoms with Gasteiger partial charge < -0.3 is 9.52 Å². The van der Waals surface area contributed by atoms with E-state index >= 15 is 0 Å². The zero-order valence-electron chi connectivity index (χ0n) is 14.8. The molecular weight excluding hydrogens is 358 g/mol. The van der Waals surface area contributed by atoms with Crippen LogP contribution in [0.3, 0.4) is 0 Å². The highest BCUT2D eigenvalue weighted by Gasteiger charge is 2.11. The van der Waals surface area contributed by atoms with Gasteiger partial charge in [0.05, 0.1) is 10.6 Å². The molecule has 4 rings (SSSR count). The Morgan fingerprint density at radius 2 is 1.89 bits per heavy atom. The van der Waals surface area contributed by atoms with Gasteiger partial charge in [-0.1, -0.05) is 24.3 Å². The van der Waals surface area contributed by atoms with E-state index in [4.69, 9.17) is 4.42 Å². The van der Waals surface area contributed by atoms with Crippen LogP contribution in [-0.2, 0) is 0 Å². The Labute approximate surface area is 159 Å². The minimum Gasteiger partial charge on any atom is -0.867 e. The van der Waals surface area contributed by atoms with E-state index in [9.17, 15) is 15.2 Å². The second kappa shape index (κ2) is 6.96. The summed E-state index contributed by atoms with van der Waals surface area (Å²) in [6.07, 6.45) is 1.34. The number of hydrogen-bond donors (Lipinski definition) is 0. The molecule has 0 amide bonds. The third kappa shape index (κ3) is 3.33. The van der Waals surface area contributed by atoms with Gasteiger partial charge in [0.25, 0.3) is 5.69 Å². The van der Waals surface area contributed by atoms with Crippen LogP contribution < -0.4 is 5.11 Å². The molecule has 0 spiro atoms. The van der Waals surface area contributed by atoms with E-state index in [1.54, 1.807) is 31.2 Å². The van der Waals surface area contributed by atoms with Crippen LogP contribution in [0.5, 0.6) is 5.75 Å². The molecule has 28 heavy (non-hydrogen) atoms.